The quantitative estimate of drug-likeness (QED) is 0.326. The van der Waals surface area contributed by atoms with E-state index < -0.39 is 6.09 Å². The highest BCUT2D eigenvalue weighted by molar-refractivity contribution is 5.85. The van der Waals surface area contributed by atoms with E-state index in [0.29, 0.717) is 18.9 Å². The Morgan fingerprint density at radius 3 is 2.71 bits per heavy atom. The first-order valence-corrected chi connectivity index (χ1v) is 13.3. The van der Waals surface area contributed by atoms with Gasteiger partial charge in [0, 0.05) is 23.0 Å². The standard InChI is InChI=1S/C29H26N8O4/c1-17-2-8-25(36-16-31-34-35-36)23(10-17)19-11-21-7-9-26(37(21)27(38)12-19)28-30-13-24(33-28)18-3-5-20(6-4-18)32-29(39)41-22-14-40-15-22/h2-6,8,10-13,16,22,26H,7,9,14-15H2,1H3,(H,30,33)(H,32,39)/t26-/m0/s1. The lowest BCUT2D eigenvalue weighted by Crippen LogP contribution is -2.38. The van der Waals surface area contributed by atoms with Gasteiger partial charge < -0.3 is 19.0 Å². The fraction of sp³-hybridized carbons (Fsp3) is 0.241. The van der Waals surface area contributed by atoms with Gasteiger partial charge in [-0.15, -0.1) is 5.10 Å². The molecule has 0 bridgehead atoms. The molecule has 0 unspecified atom stereocenters. The van der Waals surface area contributed by atoms with Gasteiger partial charge in [-0.25, -0.2) is 9.78 Å². The number of carbonyl (C=O) groups excluding carboxylic acids is 1. The van der Waals surface area contributed by atoms with Crippen LogP contribution < -0.4 is 10.9 Å². The minimum Gasteiger partial charge on any atom is -0.441 e. The van der Waals surface area contributed by atoms with Crippen LogP contribution in [0.25, 0.3) is 28.1 Å². The molecule has 1 atom stereocenters. The van der Waals surface area contributed by atoms with Crippen molar-refractivity contribution in [2.75, 3.05) is 18.5 Å². The molecule has 5 heterocycles. The molecule has 3 aromatic heterocycles. The van der Waals surface area contributed by atoms with Crippen molar-refractivity contribution in [3.63, 3.8) is 0 Å². The van der Waals surface area contributed by atoms with Gasteiger partial charge in [-0.05, 0) is 71.7 Å². The van der Waals surface area contributed by atoms with Crippen LogP contribution in [-0.2, 0) is 15.9 Å². The monoisotopic (exact) mass is 550 g/mol. The lowest BCUT2D eigenvalue weighted by molar-refractivity contribution is -0.0951. The normalized spacial score (nSPS) is 16.3. The Morgan fingerprint density at radius 1 is 1.10 bits per heavy atom. The molecule has 2 aliphatic heterocycles. The van der Waals surface area contributed by atoms with Crippen LogP contribution in [0.3, 0.4) is 0 Å². The highest BCUT2D eigenvalue weighted by Crippen LogP contribution is 2.34. The van der Waals surface area contributed by atoms with E-state index in [0.717, 1.165) is 58.0 Å². The Labute approximate surface area is 234 Å². The van der Waals surface area contributed by atoms with E-state index in [9.17, 15) is 9.59 Å². The molecule has 12 nitrogen and oxygen atoms in total. The van der Waals surface area contributed by atoms with Crippen molar-refractivity contribution in [1.29, 1.82) is 0 Å². The highest BCUT2D eigenvalue weighted by atomic mass is 16.6. The molecule has 2 aliphatic rings. The maximum Gasteiger partial charge on any atom is 0.412 e. The average Bonchev–Trinajstić information content (AvgIpc) is 3.72. The van der Waals surface area contributed by atoms with Crippen molar-refractivity contribution in [3.05, 3.63) is 94.6 Å². The zero-order chi connectivity index (χ0) is 27.9. The zero-order valence-electron chi connectivity index (χ0n) is 22.2. The van der Waals surface area contributed by atoms with E-state index in [2.05, 4.69) is 36.9 Å². The third-order valence-corrected chi connectivity index (χ3v) is 7.43. The number of benzene rings is 2. The number of rotatable bonds is 6. The molecular weight excluding hydrogens is 524 g/mol. The van der Waals surface area contributed by atoms with Crippen LogP contribution in [0.2, 0.25) is 0 Å². The molecule has 5 aromatic rings. The molecule has 7 rings (SSSR count). The summed E-state index contributed by atoms with van der Waals surface area (Å²) in [5.74, 6) is 0.729. The maximum atomic E-state index is 13.5. The number of carbonyl (C=O) groups is 1. The number of hydrogen-bond donors (Lipinski definition) is 2. The molecule has 0 saturated carbocycles. The molecule has 41 heavy (non-hydrogen) atoms. The minimum absolute atomic E-state index is 0.0853. The molecule has 0 radical (unpaired) electrons. The van der Waals surface area contributed by atoms with Crippen LogP contribution in [0, 0.1) is 6.92 Å². The maximum absolute atomic E-state index is 13.5. The summed E-state index contributed by atoms with van der Waals surface area (Å²) >= 11 is 0. The van der Waals surface area contributed by atoms with Crippen LogP contribution in [0.15, 0.2) is 71.9 Å². The summed E-state index contributed by atoms with van der Waals surface area (Å²) in [5.41, 5.74) is 6.83. The van der Waals surface area contributed by atoms with Crippen LogP contribution in [-0.4, -0.2) is 60.2 Å². The molecule has 1 amide bonds. The number of aryl methyl sites for hydroxylation is 2. The number of H-pyrrole nitrogens is 1. The first-order chi connectivity index (χ1) is 20.0. The summed E-state index contributed by atoms with van der Waals surface area (Å²) in [6.45, 7) is 2.88. The number of hydrogen-bond acceptors (Lipinski definition) is 8. The smallest absolute Gasteiger partial charge is 0.412 e. The lowest BCUT2D eigenvalue weighted by Gasteiger charge is -2.25. The number of aromatic amines is 1. The topological polar surface area (TPSA) is 142 Å². The van der Waals surface area contributed by atoms with Gasteiger partial charge in [0.2, 0.25) is 0 Å². The second-order valence-electron chi connectivity index (χ2n) is 10.2. The summed E-state index contributed by atoms with van der Waals surface area (Å²) in [5, 5.41) is 14.3. The first-order valence-electron chi connectivity index (χ1n) is 13.3. The van der Waals surface area contributed by atoms with Gasteiger partial charge >= 0.3 is 6.09 Å². The Hall–Kier alpha value is -5.10. The van der Waals surface area contributed by atoms with Crippen LogP contribution in [0.4, 0.5) is 10.5 Å². The van der Waals surface area contributed by atoms with Gasteiger partial charge in [-0.2, -0.15) is 4.68 Å². The number of anilines is 1. The number of aromatic nitrogens is 7. The van der Waals surface area contributed by atoms with E-state index in [1.807, 2.05) is 41.8 Å². The molecule has 1 saturated heterocycles. The number of imidazole rings is 1. The van der Waals surface area contributed by atoms with Gasteiger partial charge in [0.05, 0.1) is 36.8 Å². The van der Waals surface area contributed by atoms with Gasteiger partial charge in [0.1, 0.15) is 12.2 Å². The average molecular weight is 551 g/mol. The van der Waals surface area contributed by atoms with E-state index >= 15 is 0 Å². The largest absolute Gasteiger partial charge is 0.441 e. The van der Waals surface area contributed by atoms with Crippen molar-refractivity contribution in [1.82, 2.24) is 34.7 Å². The SMILES string of the molecule is Cc1ccc(-n2cnnn2)c(-c2cc3n(c(=O)c2)[C@H](c2ncc(-c4ccc(NC(=O)OC5COC5)cc4)[nH]2)CC3)c1. The summed E-state index contributed by atoms with van der Waals surface area (Å²) in [7, 11) is 0. The van der Waals surface area contributed by atoms with Gasteiger partial charge in [0.25, 0.3) is 5.56 Å². The molecule has 206 valence electrons. The molecule has 12 heteroatoms. The van der Waals surface area contributed by atoms with E-state index in [1.54, 1.807) is 35.4 Å². The predicted octanol–water partition coefficient (Wildman–Crippen LogP) is 3.67. The second kappa shape index (κ2) is 10.1. The fourth-order valence-electron chi connectivity index (χ4n) is 5.33. The number of nitrogens with one attached hydrogen (secondary N) is 2. The van der Waals surface area contributed by atoms with Gasteiger partial charge in [-0.1, -0.05) is 23.8 Å². The van der Waals surface area contributed by atoms with Crippen molar-refractivity contribution in [2.24, 2.45) is 0 Å². The van der Waals surface area contributed by atoms with Crippen molar-refractivity contribution < 1.29 is 14.3 Å². The van der Waals surface area contributed by atoms with Crippen LogP contribution in [0.5, 0.6) is 0 Å². The Morgan fingerprint density at radius 2 is 1.95 bits per heavy atom. The number of ether oxygens (including phenoxy) is 2. The summed E-state index contributed by atoms with van der Waals surface area (Å²) in [6.07, 6.45) is 4.14. The Balaban J connectivity index is 1.12. The van der Waals surface area contributed by atoms with E-state index in [1.165, 1.54) is 0 Å². The third-order valence-electron chi connectivity index (χ3n) is 7.43. The van der Waals surface area contributed by atoms with Crippen molar-refractivity contribution >= 4 is 11.8 Å². The van der Waals surface area contributed by atoms with Gasteiger partial charge in [0.15, 0.2) is 6.10 Å². The molecule has 0 spiro atoms. The number of pyridine rings is 1. The minimum atomic E-state index is -0.502. The Bertz CT molecular complexity index is 1790. The van der Waals surface area contributed by atoms with Gasteiger partial charge in [-0.3, -0.25) is 10.1 Å². The summed E-state index contributed by atoms with van der Waals surface area (Å²) in [4.78, 5) is 33.5. The first kappa shape index (κ1) is 24.9. The van der Waals surface area contributed by atoms with Crippen LogP contribution >= 0.6 is 0 Å². The second-order valence-corrected chi connectivity index (χ2v) is 10.2. The lowest BCUT2D eigenvalue weighted by atomic mass is 10.0. The number of tetrazole rings is 1. The van der Waals surface area contributed by atoms with Crippen LogP contribution in [0.1, 0.15) is 29.5 Å². The van der Waals surface area contributed by atoms with Crippen molar-refractivity contribution in [3.8, 4) is 28.1 Å². The number of amides is 1. The fourth-order valence-corrected chi connectivity index (χ4v) is 5.33. The molecular formula is C29H26N8O4. The Kier molecular flexibility index (Phi) is 6.16. The zero-order valence-corrected chi connectivity index (χ0v) is 22.2. The molecule has 2 aromatic carbocycles. The predicted molar refractivity (Wildman–Crippen MR) is 149 cm³/mol. The number of nitrogens with zero attached hydrogens (tertiary/aromatic N) is 6. The van der Waals surface area contributed by atoms with Crippen molar-refractivity contribution in [2.45, 2.75) is 31.9 Å². The third kappa shape index (κ3) is 4.78. The van der Waals surface area contributed by atoms with E-state index in [4.69, 9.17) is 9.47 Å². The number of fused-ring (bicyclic) bond motifs is 1. The summed E-state index contributed by atoms with van der Waals surface area (Å²) < 4.78 is 13.7. The molecule has 0 aliphatic carbocycles. The summed E-state index contributed by atoms with van der Waals surface area (Å²) in [6, 6.07) is 16.9. The highest BCUT2D eigenvalue weighted by Gasteiger charge is 2.28. The molecule has 2 N–H and O–H groups in total. The van der Waals surface area contributed by atoms with E-state index in [-0.39, 0.29) is 17.7 Å². The molecule has 1 fully saturated rings.